The summed E-state index contributed by atoms with van der Waals surface area (Å²) in [6.07, 6.45) is 13.7. The molecule has 1 N–H and O–H groups in total. The maximum Gasteiger partial charge on any atom is 0.0346 e. The number of hydrogen-bond donors (Lipinski definition) is 1. The van der Waals surface area contributed by atoms with Gasteiger partial charge in [0.1, 0.15) is 0 Å². The van der Waals surface area contributed by atoms with Crippen LogP contribution in [0.5, 0.6) is 0 Å². The van der Waals surface area contributed by atoms with Gasteiger partial charge >= 0.3 is 0 Å². The van der Waals surface area contributed by atoms with Crippen molar-refractivity contribution >= 4 is 10.8 Å². The SMILES string of the molecule is CNC(CC1CCCCCC1)c1cncc2ccccc12. The molecule has 2 nitrogen and oxygen atoms in total. The first-order valence-electron chi connectivity index (χ1n) is 8.38. The second-order valence-electron chi connectivity index (χ2n) is 6.38. The molecule has 0 bridgehead atoms. The molecule has 1 heterocycles. The number of nitrogens with zero attached hydrogens (tertiary/aromatic N) is 1. The van der Waals surface area contributed by atoms with E-state index in [1.165, 1.54) is 61.3 Å². The number of rotatable bonds is 4. The Labute approximate surface area is 128 Å². The molecule has 0 radical (unpaired) electrons. The first-order valence-corrected chi connectivity index (χ1v) is 8.38. The first-order chi connectivity index (χ1) is 10.4. The Morgan fingerprint density at radius 1 is 1.10 bits per heavy atom. The Kier molecular flexibility index (Phi) is 4.87. The van der Waals surface area contributed by atoms with E-state index in [4.69, 9.17) is 0 Å². The van der Waals surface area contributed by atoms with Crippen LogP contribution in [0.15, 0.2) is 36.7 Å². The molecule has 112 valence electrons. The van der Waals surface area contributed by atoms with Gasteiger partial charge in [-0.15, -0.1) is 0 Å². The molecule has 2 aromatic rings. The van der Waals surface area contributed by atoms with Crippen LogP contribution in [0.3, 0.4) is 0 Å². The molecule has 0 saturated heterocycles. The lowest BCUT2D eigenvalue weighted by Gasteiger charge is -2.23. The zero-order valence-electron chi connectivity index (χ0n) is 13.0. The van der Waals surface area contributed by atoms with Crippen LogP contribution < -0.4 is 5.32 Å². The van der Waals surface area contributed by atoms with Crippen LogP contribution in [0.4, 0.5) is 0 Å². The van der Waals surface area contributed by atoms with Crippen molar-refractivity contribution < 1.29 is 0 Å². The summed E-state index contributed by atoms with van der Waals surface area (Å²) < 4.78 is 0. The van der Waals surface area contributed by atoms with E-state index >= 15 is 0 Å². The van der Waals surface area contributed by atoms with Crippen molar-refractivity contribution in [3.05, 3.63) is 42.2 Å². The molecule has 1 fully saturated rings. The third kappa shape index (κ3) is 3.44. The standard InChI is InChI=1S/C19H26N2/c1-20-19(12-15-8-4-2-3-5-9-15)18-14-21-13-16-10-6-7-11-17(16)18/h6-7,10-11,13-15,19-20H,2-5,8-9,12H2,1H3. The Morgan fingerprint density at radius 3 is 2.62 bits per heavy atom. The molecule has 1 atom stereocenters. The van der Waals surface area contributed by atoms with E-state index in [-0.39, 0.29) is 0 Å². The number of pyridine rings is 1. The molecular weight excluding hydrogens is 256 g/mol. The third-order valence-electron chi connectivity index (χ3n) is 4.97. The molecular formula is C19H26N2. The molecule has 0 aliphatic heterocycles. The minimum Gasteiger partial charge on any atom is -0.313 e. The van der Waals surface area contributed by atoms with Gasteiger partial charge in [-0.25, -0.2) is 0 Å². The van der Waals surface area contributed by atoms with E-state index in [1.807, 2.05) is 6.20 Å². The van der Waals surface area contributed by atoms with Crippen molar-refractivity contribution in [2.24, 2.45) is 5.92 Å². The van der Waals surface area contributed by atoms with E-state index in [2.05, 4.69) is 47.8 Å². The van der Waals surface area contributed by atoms with E-state index in [0.29, 0.717) is 6.04 Å². The second-order valence-corrected chi connectivity index (χ2v) is 6.38. The van der Waals surface area contributed by atoms with Gasteiger partial charge in [-0.2, -0.15) is 0 Å². The van der Waals surface area contributed by atoms with Gasteiger partial charge in [0.05, 0.1) is 0 Å². The summed E-state index contributed by atoms with van der Waals surface area (Å²) in [5.74, 6) is 0.865. The number of fused-ring (bicyclic) bond motifs is 1. The maximum absolute atomic E-state index is 4.45. The molecule has 1 aromatic carbocycles. The van der Waals surface area contributed by atoms with E-state index in [1.54, 1.807) is 0 Å². The van der Waals surface area contributed by atoms with E-state index < -0.39 is 0 Å². The highest BCUT2D eigenvalue weighted by molar-refractivity contribution is 5.85. The van der Waals surface area contributed by atoms with Crippen molar-refractivity contribution in [1.82, 2.24) is 10.3 Å². The highest BCUT2D eigenvalue weighted by atomic mass is 14.9. The fraction of sp³-hybridized carbons (Fsp3) is 0.526. The van der Waals surface area contributed by atoms with Crippen LogP contribution in [0, 0.1) is 5.92 Å². The van der Waals surface area contributed by atoms with Gasteiger partial charge in [0.25, 0.3) is 0 Å². The Balaban J connectivity index is 1.84. The summed E-state index contributed by atoms with van der Waals surface area (Å²) in [7, 11) is 2.09. The summed E-state index contributed by atoms with van der Waals surface area (Å²) in [4.78, 5) is 4.45. The first kappa shape index (κ1) is 14.5. The molecule has 1 aliphatic carbocycles. The van der Waals surface area contributed by atoms with Gasteiger partial charge in [0.15, 0.2) is 0 Å². The Bertz CT molecular complexity index is 565. The molecule has 1 aliphatic rings. The van der Waals surface area contributed by atoms with Crippen molar-refractivity contribution in [2.45, 2.75) is 51.0 Å². The molecule has 21 heavy (non-hydrogen) atoms. The van der Waals surface area contributed by atoms with Gasteiger partial charge in [0, 0.05) is 23.8 Å². The normalized spacial score (nSPS) is 18.5. The average Bonchev–Trinajstić information content (AvgIpc) is 2.81. The van der Waals surface area contributed by atoms with Crippen LogP contribution in [0.25, 0.3) is 10.8 Å². The van der Waals surface area contributed by atoms with E-state index in [9.17, 15) is 0 Å². The predicted molar refractivity (Wildman–Crippen MR) is 89.4 cm³/mol. The minimum absolute atomic E-state index is 0.423. The predicted octanol–water partition coefficient (Wildman–Crippen LogP) is 4.86. The summed E-state index contributed by atoms with van der Waals surface area (Å²) >= 11 is 0. The molecule has 2 heteroatoms. The molecule has 0 amide bonds. The number of aromatic nitrogens is 1. The van der Waals surface area contributed by atoms with Gasteiger partial charge in [0.2, 0.25) is 0 Å². The third-order valence-corrected chi connectivity index (χ3v) is 4.97. The van der Waals surface area contributed by atoms with Crippen molar-refractivity contribution in [1.29, 1.82) is 0 Å². The largest absolute Gasteiger partial charge is 0.313 e. The lowest BCUT2D eigenvalue weighted by atomic mass is 9.88. The van der Waals surface area contributed by atoms with E-state index in [0.717, 1.165) is 5.92 Å². The molecule has 1 aromatic heterocycles. The fourth-order valence-electron chi connectivity index (χ4n) is 3.75. The smallest absolute Gasteiger partial charge is 0.0346 e. The molecule has 3 rings (SSSR count). The molecule has 1 saturated carbocycles. The Morgan fingerprint density at radius 2 is 1.86 bits per heavy atom. The van der Waals surface area contributed by atoms with Crippen LogP contribution >= 0.6 is 0 Å². The van der Waals surface area contributed by atoms with Gasteiger partial charge in [-0.3, -0.25) is 4.98 Å². The van der Waals surface area contributed by atoms with Crippen molar-refractivity contribution in [2.75, 3.05) is 7.05 Å². The molecule has 0 spiro atoms. The topological polar surface area (TPSA) is 24.9 Å². The second kappa shape index (κ2) is 7.04. The van der Waals surface area contributed by atoms with Crippen LogP contribution in [0.1, 0.15) is 56.6 Å². The minimum atomic E-state index is 0.423. The van der Waals surface area contributed by atoms with Crippen LogP contribution in [-0.4, -0.2) is 12.0 Å². The summed E-state index contributed by atoms with van der Waals surface area (Å²) in [5.41, 5.74) is 1.36. The highest BCUT2D eigenvalue weighted by Crippen LogP contribution is 2.33. The van der Waals surface area contributed by atoms with Crippen LogP contribution in [-0.2, 0) is 0 Å². The fourth-order valence-corrected chi connectivity index (χ4v) is 3.75. The highest BCUT2D eigenvalue weighted by Gasteiger charge is 2.20. The van der Waals surface area contributed by atoms with Crippen molar-refractivity contribution in [3.63, 3.8) is 0 Å². The number of hydrogen-bond acceptors (Lipinski definition) is 2. The summed E-state index contributed by atoms with van der Waals surface area (Å²) in [5, 5.41) is 6.13. The maximum atomic E-state index is 4.45. The number of nitrogens with one attached hydrogen (secondary N) is 1. The van der Waals surface area contributed by atoms with Crippen molar-refractivity contribution in [3.8, 4) is 0 Å². The molecule has 1 unspecified atom stereocenters. The van der Waals surface area contributed by atoms with Gasteiger partial charge < -0.3 is 5.32 Å². The average molecular weight is 282 g/mol. The Hall–Kier alpha value is -1.41. The lowest BCUT2D eigenvalue weighted by molar-refractivity contribution is 0.369. The summed E-state index contributed by atoms with van der Waals surface area (Å²) in [6.45, 7) is 0. The van der Waals surface area contributed by atoms with Gasteiger partial charge in [-0.1, -0.05) is 62.8 Å². The zero-order valence-corrected chi connectivity index (χ0v) is 13.0. The zero-order chi connectivity index (χ0) is 14.5. The quantitative estimate of drug-likeness (QED) is 0.810. The van der Waals surface area contributed by atoms with Gasteiger partial charge in [-0.05, 0) is 30.3 Å². The lowest BCUT2D eigenvalue weighted by Crippen LogP contribution is -2.20. The van der Waals surface area contributed by atoms with Crippen LogP contribution in [0.2, 0.25) is 0 Å². The summed E-state index contributed by atoms with van der Waals surface area (Å²) in [6, 6.07) is 9.03. The monoisotopic (exact) mass is 282 g/mol. The number of benzene rings is 1.